The zero-order valence-electron chi connectivity index (χ0n) is 10.6. The van der Waals surface area contributed by atoms with Crippen molar-refractivity contribution in [3.63, 3.8) is 0 Å². The van der Waals surface area contributed by atoms with Gasteiger partial charge in [0.25, 0.3) is 0 Å². The number of hydrogen-bond donors (Lipinski definition) is 0. The van der Waals surface area contributed by atoms with Gasteiger partial charge in [-0.25, -0.2) is 0 Å². The molecule has 0 N–H and O–H groups in total. The Labute approximate surface area is 116 Å². The van der Waals surface area contributed by atoms with Crippen molar-refractivity contribution in [2.75, 3.05) is 45.4 Å². The first-order chi connectivity index (χ1) is 8.71. The van der Waals surface area contributed by atoms with E-state index in [1.807, 2.05) is 12.1 Å². The molecular weight excluding hydrogens is 296 g/mol. The monoisotopic (exact) mass is 312 g/mol. The molecule has 0 fully saturated rings. The summed E-state index contributed by atoms with van der Waals surface area (Å²) in [6.07, 6.45) is 0. The second kappa shape index (κ2) is 8.09. The summed E-state index contributed by atoms with van der Waals surface area (Å²) in [5, 5.41) is 8.98. The highest BCUT2D eigenvalue weighted by molar-refractivity contribution is 9.10. The Hall–Kier alpha value is -1.09. The number of rotatable bonds is 7. The molecule has 0 aromatic heterocycles. The van der Waals surface area contributed by atoms with E-state index in [0.717, 1.165) is 23.2 Å². The van der Waals surface area contributed by atoms with Crippen molar-refractivity contribution in [3.8, 4) is 6.07 Å². The number of hydrogen-bond acceptors (Lipinski definition) is 4. The van der Waals surface area contributed by atoms with Gasteiger partial charge in [0.15, 0.2) is 0 Å². The van der Waals surface area contributed by atoms with Gasteiger partial charge in [-0.3, -0.25) is 0 Å². The molecule has 1 rings (SSSR count). The highest BCUT2D eigenvalue weighted by Crippen LogP contribution is 2.22. The molecule has 0 aliphatic rings. The Balaban J connectivity index is 2.89. The molecule has 98 valence electrons. The lowest BCUT2D eigenvalue weighted by atomic mass is 10.2. The van der Waals surface area contributed by atoms with Crippen LogP contribution in [0.25, 0.3) is 0 Å². The Morgan fingerprint density at radius 1 is 1.17 bits per heavy atom. The first-order valence-electron chi connectivity index (χ1n) is 5.64. The van der Waals surface area contributed by atoms with Crippen LogP contribution in [0, 0.1) is 11.3 Å². The summed E-state index contributed by atoms with van der Waals surface area (Å²) in [5.41, 5.74) is 1.63. The maximum atomic E-state index is 8.98. The smallest absolute Gasteiger partial charge is 0.0992 e. The predicted octanol–water partition coefficient (Wildman–Crippen LogP) is 2.42. The Morgan fingerprint density at radius 2 is 1.78 bits per heavy atom. The Bertz CT molecular complexity index is 410. The molecule has 0 bridgehead atoms. The highest BCUT2D eigenvalue weighted by Gasteiger charge is 2.08. The lowest BCUT2D eigenvalue weighted by molar-refractivity contribution is 0.190. The summed E-state index contributed by atoms with van der Waals surface area (Å²) >= 11 is 3.42. The summed E-state index contributed by atoms with van der Waals surface area (Å²) in [6.45, 7) is 2.80. The standard InChI is InChI=1S/C13H17BrN2O2/c1-17-5-3-16(4-6-18-2)13-8-11(10-15)7-12(14)9-13/h7-9H,3-6H2,1-2H3. The van der Waals surface area contributed by atoms with Crippen molar-refractivity contribution in [3.05, 3.63) is 28.2 Å². The van der Waals surface area contributed by atoms with Gasteiger partial charge in [-0.1, -0.05) is 15.9 Å². The number of benzene rings is 1. The van der Waals surface area contributed by atoms with Crippen molar-refractivity contribution >= 4 is 21.6 Å². The fraction of sp³-hybridized carbons (Fsp3) is 0.462. The molecule has 0 saturated heterocycles. The average molecular weight is 313 g/mol. The van der Waals surface area contributed by atoms with E-state index in [9.17, 15) is 0 Å². The molecule has 1 aromatic rings. The second-order valence-corrected chi connectivity index (χ2v) is 4.70. The minimum absolute atomic E-state index is 0.637. The van der Waals surface area contributed by atoms with Crippen LogP contribution in [-0.2, 0) is 9.47 Å². The Morgan fingerprint density at radius 3 is 2.28 bits per heavy atom. The van der Waals surface area contributed by atoms with Crippen molar-refractivity contribution < 1.29 is 9.47 Å². The van der Waals surface area contributed by atoms with Crippen molar-refractivity contribution in [2.45, 2.75) is 0 Å². The van der Waals surface area contributed by atoms with Gasteiger partial charge in [0.2, 0.25) is 0 Å². The number of anilines is 1. The van der Waals surface area contributed by atoms with Crippen LogP contribution in [0.2, 0.25) is 0 Å². The summed E-state index contributed by atoms with van der Waals surface area (Å²) in [7, 11) is 3.35. The molecule has 0 heterocycles. The quantitative estimate of drug-likeness (QED) is 0.775. The van der Waals surface area contributed by atoms with E-state index in [-0.39, 0.29) is 0 Å². The van der Waals surface area contributed by atoms with Gasteiger partial charge in [-0.15, -0.1) is 0 Å². The van der Waals surface area contributed by atoms with Crippen molar-refractivity contribution in [1.29, 1.82) is 5.26 Å². The third-order valence-electron chi connectivity index (χ3n) is 2.51. The van der Waals surface area contributed by atoms with Crippen LogP contribution in [0.1, 0.15) is 5.56 Å². The second-order valence-electron chi connectivity index (χ2n) is 3.78. The van der Waals surface area contributed by atoms with E-state index in [1.165, 1.54) is 0 Å². The highest BCUT2D eigenvalue weighted by atomic mass is 79.9. The van der Waals surface area contributed by atoms with E-state index in [4.69, 9.17) is 14.7 Å². The first kappa shape index (κ1) is 15.0. The van der Waals surface area contributed by atoms with Crippen LogP contribution in [0.4, 0.5) is 5.69 Å². The molecular formula is C13H17BrN2O2. The fourth-order valence-electron chi connectivity index (χ4n) is 1.59. The summed E-state index contributed by atoms with van der Waals surface area (Å²) < 4.78 is 11.1. The maximum absolute atomic E-state index is 8.98. The summed E-state index contributed by atoms with van der Waals surface area (Å²) in [6, 6.07) is 7.82. The topological polar surface area (TPSA) is 45.5 Å². The van der Waals surface area contributed by atoms with E-state index < -0.39 is 0 Å². The number of ether oxygens (including phenoxy) is 2. The van der Waals surface area contributed by atoms with Crippen LogP contribution in [0.15, 0.2) is 22.7 Å². The summed E-state index contributed by atoms with van der Waals surface area (Å²) in [4.78, 5) is 2.14. The zero-order valence-corrected chi connectivity index (χ0v) is 12.2. The Kier molecular flexibility index (Phi) is 6.73. The van der Waals surface area contributed by atoms with Gasteiger partial charge in [-0.2, -0.15) is 5.26 Å². The summed E-state index contributed by atoms with van der Waals surface area (Å²) in [5.74, 6) is 0. The molecule has 4 nitrogen and oxygen atoms in total. The van der Waals surface area contributed by atoms with Crippen molar-refractivity contribution in [2.24, 2.45) is 0 Å². The van der Waals surface area contributed by atoms with E-state index in [2.05, 4.69) is 26.9 Å². The fourth-order valence-corrected chi connectivity index (χ4v) is 2.08. The third-order valence-corrected chi connectivity index (χ3v) is 2.97. The van der Waals surface area contributed by atoms with Crippen LogP contribution >= 0.6 is 15.9 Å². The van der Waals surface area contributed by atoms with Crippen LogP contribution in [-0.4, -0.2) is 40.5 Å². The zero-order chi connectivity index (χ0) is 13.4. The van der Waals surface area contributed by atoms with E-state index >= 15 is 0 Å². The molecule has 5 heteroatoms. The SMILES string of the molecule is COCCN(CCOC)c1cc(Br)cc(C#N)c1. The van der Waals surface area contributed by atoms with Gasteiger partial charge in [0.1, 0.15) is 0 Å². The minimum Gasteiger partial charge on any atom is -0.383 e. The van der Waals surface area contributed by atoms with E-state index in [0.29, 0.717) is 18.8 Å². The van der Waals surface area contributed by atoms with Gasteiger partial charge in [0.05, 0.1) is 24.8 Å². The third kappa shape index (κ3) is 4.65. The largest absolute Gasteiger partial charge is 0.383 e. The lowest BCUT2D eigenvalue weighted by Gasteiger charge is -2.24. The van der Waals surface area contributed by atoms with Gasteiger partial charge >= 0.3 is 0 Å². The molecule has 0 amide bonds. The lowest BCUT2D eigenvalue weighted by Crippen LogP contribution is -2.30. The molecule has 0 aliphatic heterocycles. The molecule has 0 aliphatic carbocycles. The van der Waals surface area contributed by atoms with E-state index in [1.54, 1.807) is 20.3 Å². The maximum Gasteiger partial charge on any atom is 0.0992 e. The molecule has 0 spiro atoms. The first-order valence-corrected chi connectivity index (χ1v) is 6.44. The molecule has 0 atom stereocenters. The number of nitriles is 1. The van der Waals surface area contributed by atoms with Crippen LogP contribution in [0.3, 0.4) is 0 Å². The number of methoxy groups -OCH3 is 2. The normalized spacial score (nSPS) is 10.1. The number of nitrogens with zero attached hydrogens (tertiary/aromatic N) is 2. The average Bonchev–Trinajstić information content (AvgIpc) is 2.38. The van der Waals surface area contributed by atoms with Crippen LogP contribution in [0.5, 0.6) is 0 Å². The van der Waals surface area contributed by atoms with Gasteiger partial charge in [0, 0.05) is 37.5 Å². The molecule has 1 aromatic carbocycles. The minimum atomic E-state index is 0.637. The predicted molar refractivity (Wildman–Crippen MR) is 74.8 cm³/mol. The van der Waals surface area contributed by atoms with Crippen LogP contribution < -0.4 is 4.90 Å². The number of halogens is 1. The molecule has 18 heavy (non-hydrogen) atoms. The molecule has 0 unspecified atom stereocenters. The molecule has 0 radical (unpaired) electrons. The van der Waals surface area contributed by atoms with Gasteiger partial charge in [-0.05, 0) is 18.2 Å². The molecule has 0 saturated carbocycles. The van der Waals surface area contributed by atoms with Crippen molar-refractivity contribution in [1.82, 2.24) is 0 Å². The van der Waals surface area contributed by atoms with Gasteiger partial charge < -0.3 is 14.4 Å².